The van der Waals surface area contributed by atoms with Crippen LogP contribution in [0.1, 0.15) is 6.92 Å². The molecule has 1 N–H and O–H groups in total. The second kappa shape index (κ2) is 9.91. The number of morpholine rings is 1. The lowest BCUT2D eigenvalue weighted by atomic mass is 10.1. The van der Waals surface area contributed by atoms with Crippen LogP contribution in [0.5, 0.6) is 0 Å². The van der Waals surface area contributed by atoms with Gasteiger partial charge >= 0.3 is 0 Å². The van der Waals surface area contributed by atoms with Crippen molar-refractivity contribution in [2.75, 3.05) is 36.5 Å². The van der Waals surface area contributed by atoms with E-state index in [1.54, 1.807) is 17.7 Å². The molecule has 8 heteroatoms. The van der Waals surface area contributed by atoms with Crippen LogP contribution in [0.25, 0.3) is 21.3 Å². The Morgan fingerprint density at radius 3 is 2.61 bits per heavy atom. The van der Waals surface area contributed by atoms with E-state index in [9.17, 15) is 4.79 Å². The third kappa shape index (κ3) is 4.88. The molecule has 33 heavy (non-hydrogen) atoms. The molecule has 5 rings (SSSR count). The summed E-state index contributed by atoms with van der Waals surface area (Å²) in [4.78, 5) is 25.1. The number of nitrogens with one attached hydrogen (secondary N) is 1. The van der Waals surface area contributed by atoms with Gasteiger partial charge in [-0.3, -0.25) is 4.79 Å². The number of hydrogen-bond donors (Lipinski definition) is 1. The minimum Gasteiger partial charge on any atom is -0.378 e. The van der Waals surface area contributed by atoms with Crippen molar-refractivity contribution in [3.63, 3.8) is 0 Å². The molecule has 0 aliphatic carbocycles. The van der Waals surface area contributed by atoms with E-state index in [-0.39, 0.29) is 11.2 Å². The zero-order valence-corrected chi connectivity index (χ0v) is 19.9. The van der Waals surface area contributed by atoms with Crippen molar-refractivity contribution >= 4 is 50.6 Å². The monoisotopic (exact) mass is 476 g/mol. The number of carbonyl (C=O) groups excluding carboxylic acids is 1. The summed E-state index contributed by atoms with van der Waals surface area (Å²) in [5.74, 6) is -0.0534. The summed E-state index contributed by atoms with van der Waals surface area (Å²) in [6.07, 6.45) is 1.57. The van der Waals surface area contributed by atoms with Crippen LogP contribution in [0, 0.1) is 0 Å². The highest BCUT2D eigenvalue weighted by Crippen LogP contribution is 2.39. The lowest BCUT2D eigenvalue weighted by Crippen LogP contribution is -2.36. The normalized spacial score (nSPS) is 14.9. The topological polar surface area (TPSA) is 67.4 Å². The van der Waals surface area contributed by atoms with E-state index in [0.29, 0.717) is 0 Å². The van der Waals surface area contributed by atoms with Crippen LogP contribution in [0.2, 0.25) is 0 Å². The quantitative estimate of drug-likeness (QED) is 0.300. The molecule has 1 amide bonds. The molecule has 6 nitrogen and oxygen atoms in total. The minimum atomic E-state index is -0.314. The van der Waals surface area contributed by atoms with Gasteiger partial charge in [-0.1, -0.05) is 42.1 Å². The number of aromatic nitrogens is 2. The molecule has 1 aliphatic rings. The van der Waals surface area contributed by atoms with E-state index in [2.05, 4.69) is 37.7 Å². The number of anilines is 2. The number of ether oxygens (including phenoxy) is 1. The number of carbonyl (C=O) groups is 1. The summed E-state index contributed by atoms with van der Waals surface area (Å²) in [5.41, 5.74) is 4.16. The molecular formula is C25H24N4O2S2. The lowest BCUT2D eigenvalue weighted by molar-refractivity contribution is -0.115. The average molecular weight is 477 g/mol. The van der Waals surface area contributed by atoms with Gasteiger partial charge in [-0.05, 0) is 36.8 Å². The van der Waals surface area contributed by atoms with Gasteiger partial charge in [0.25, 0.3) is 0 Å². The van der Waals surface area contributed by atoms with Gasteiger partial charge in [0, 0.05) is 35.4 Å². The molecule has 4 aromatic rings. The molecule has 0 spiro atoms. The van der Waals surface area contributed by atoms with Crippen LogP contribution in [-0.2, 0) is 9.53 Å². The van der Waals surface area contributed by atoms with Crippen LogP contribution in [0.3, 0.4) is 0 Å². The molecular weight excluding hydrogens is 452 g/mol. The van der Waals surface area contributed by atoms with Crippen molar-refractivity contribution in [1.29, 1.82) is 0 Å². The number of benzene rings is 2. The first-order chi connectivity index (χ1) is 16.2. The molecule has 3 heterocycles. The Morgan fingerprint density at radius 1 is 1.09 bits per heavy atom. The van der Waals surface area contributed by atoms with E-state index in [1.807, 2.05) is 49.4 Å². The van der Waals surface area contributed by atoms with Crippen molar-refractivity contribution in [3.05, 3.63) is 66.3 Å². The van der Waals surface area contributed by atoms with Crippen LogP contribution in [0.4, 0.5) is 11.4 Å². The number of thioether (sulfide) groups is 1. The van der Waals surface area contributed by atoms with Crippen LogP contribution in [-0.4, -0.2) is 47.4 Å². The minimum absolute atomic E-state index is 0.0534. The number of rotatable bonds is 6. The summed E-state index contributed by atoms with van der Waals surface area (Å²) < 4.78 is 5.42. The van der Waals surface area contributed by atoms with Crippen molar-refractivity contribution in [2.45, 2.75) is 17.2 Å². The Kier molecular flexibility index (Phi) is 6.57. The van der Waals surface area contributed by atoms with Gasteiger partial charge in [0.2, 0.25) is 5.91 Å². The largest absolute Gasteiger partial charge is 0.378 e. The smallest absolute Gasteiger partial charge is 0.237 e. The summed E-state index contributed by atoms with van der Waals surface area (Å²) >= 11 is 3.06. The fourth-order valence-corrected chi connectivity index (χ4v) is 5.72. The molecule has 2 aromatic heterocycles. The first kappa shape index (κ1) is 21.9. The number of nitrogens with zero attached hydrogens (tertiary/aromatic N) is 3. The first-order valence-electron chi connectivity index (χ1n) is 10.9. The Bertz CT molecular complexity index is 1240. The van der Waals surface area contributed by atoms with Crippen molar-refractivity contribution in [3.8, 4) is 11.1 Å². The van der Waals surface area contributed by atoms with Gasteiger partial charge in [0.1, 0.15) is 16.2 Å². The second-order valence-electron chi connectivity index (χ2n) is 7.77. The summed E-state index contributed by atoms with van der Waals surface area (Å²) in [7, 11) is 0. The molecule has 2 aromatic carbocycles. The lowest BCUT2D eigenvalue weighted by Gasteiger charge is -2.28. The average Bonchev–Trinajstić information content (AvgIpc) is 3.31. The first-order valence-corrected chi connectivity index (χ1v) is 12.6. The zero-order valence-electron chi connectivity index (χ0n) is 18.2. The summed E-state index contributed by atoms with van der Waals surface area (Å²) in [5, 5.41) is 6.66. The fraction of sp³-hybridized carbons (Fsp3) is 0.240. The van der Waals surface area contributed by atoms with Crippen molar-refractivity contribution in [1.82, 2.24) is 9.97 Å². The van der Waals surface area contributed by atoms with Gasteiger partial charge < -0.3 is 15.0 Å². The maximum atomic E-state index is 12.9. The highest BCUT2D eigenvalue weighted by Gasteiger charge is 2.20. The number of amides is 1. The molecule has 1 aliphatic heterocycles. The Labute approximate surface area is 201 Å². The third-order valence-electron chi connectivity index (χ3n) is 5.59. The molecule has 168 valence electrons. The van der Waals surface area contributed by atoms with E-state index in [4.69, 9.17) is 4.74 Å². The van der Waals surface area contributed by atoms with Gasteiger partial charge in [0.15, 0.2) is 0 Å². The molecule has 0 bridgehead atoms. The van der Waals surface area contributed by atoms with E-state index < -0.39 is 0 Å². The van der Waals surface area contributed by atoms with E-state index in [0.717, 1.165) is 64.0 Å². The van der Waals surface area contributed by atoms with Crippen LogP contribution in [0.15, 0.2) is 71.3 Å². The molecule has 0 unspecified atom stereocenters. The predicted octanol–water partition coefficient (Wildman–Crippen LogP) is 5.31. The number of thiophene rings is 1. The van der Waals surface area contributed by atoms with Gasteiger partial charge in [0.05, 0.1) is 23.8 Å². The third-order valence-corrected chi connectivity index (χ3v) is 7.58. The summed E-state index contributed by atoms with van der Waals surface area (Å²) in [6, 6.07) is 18.2. The molecule has 1 saturated heterocycles. The van der Waals surface area contributed by atoms with Crippen molar-refractivity contribution in [2.24, 2.45) is 0 Å². The zero-order chi connectivity index (χ0) is 22.6. The highest BCUT2D eigenvalue weighted by atomic mass is 32.2. The molecule has 1 atom stereocenters. The van der Waals surface area contributed by atoms with Gasteiger partial charge in [-0.25, -0.2) is 9.97 Å². The molecule has 0 saturated carbocycles. The van der Waals surface area contributed by atoms with Crippen molar-refractivity contribution < 1.29 is 9.53 Å². The van der Waals surface area contributed by atoms with Crippen LogP contribution >= 0.6 is 23.1 Å². The fourth-order valence-electron chi connectivity index (χ4n) is 3.81. The Balaban J connectivity index is 1.30. The highest BCUT2D eigenvalue weighted by molar-refractivity contribution is 8.00. The Morgan fingerprint density at radius 2 is 1.85 bits per heavy atom. The standard InChI is InChI=1S/C25H24N4O2S2/c1-17(23(30)28-19-7-9-20(10-8-19)29-11-13-31-14-12-29)33-25-22-21(18-5-3-2-4-6-18)15-32-24(22)26-16-27-25/h2-10,15-17H,11-14H2,1H3,(H,28,30)/t17-/m0/s1. The van der Waals surface area contributed by atoms with Crippen LogP contribution < -0.4 is 10.2 Å². The number of hydrogen-bond acceptors (Lipinski definition) is 7. The van der Waals surface area contributed by atoms with Gasteiger partial charge in [-0.15, -0.1) is 11.3 Å². The molecule has 0 radical (unpaired) electrons. The number of fused-ring (bicyclic) bond motifs is 1. The van der Waals surface area contributed by atoms with Gasteiger partial charge in [-0.2, -0.15) is 0 Å². The predicted molar refractivity (Wildman–Crippen MR) is 136 cm³/mol. The van der Waals surface area contributed by atoms with E-state index >= 15 is 0 Å². The molecule has 1 fully saturated rings. The maximum absolute atomic E-state index is 12.9. The SMILES string of the molecule is C[C@H](Sc1ncnc2scc(-c3ccccc3)c12)C(=O)Nc1ccc(N2CCOCC2)cc1. The Hall–Kier alpha value is -2.94. The maximum Gasteiger partial charge on any atom is 0.237 e. The van der Waals surface area contributed by atoms with E-state index in [1.165, 1.54) is 11.8 Å². The second-order valence-corrected chi connectivity index (χ2v) is 9.96. The summed E-state index contributed by atoms with van der Waals surface area (Å²) in [6.45, 7) is 5.19.